The maximum atomic E-state index is 2.48. The highest BCUT2D eigenvalue weighted by Crippen LogP contribution is 2.41. The van der Waals surface area contributed by atoms with Gasteiger partial charge >= 0.3 is 0 Å². The predicted octanol–water partition coefficient (Wildman–Crippen LogP) is 12.5. The van der Waals surface area contributed by atoms with Crippen molar-refractivity contribution in [1.29, 1.82) is 0 Å². The van der Waals surface area contributed by atoms with Crippen LogP contribution in [-0.2, 0) is 6.42 Å². The molecule has 3 heteroatoms. The van der Waals surface area contributed by atoms with Crippen molar-refractivity contribution in [3.63, 3.8) is 0 Å². The molecule has 7 aromatic carbocycles. The molecule has 0 saturated carbocycles. The fraction of sp³-hybridized carbons (Fsp3) is 0.0417. The zero-order valence-corrected chi connectivity index (χ0v) is 28.0. The van der Waals surface area contributed by atoms with Gasteiger partial charge in [-0.3, -0.25) is 0 Å². The SMILES string of the molecule is C1=Cc2c(c3c(-n4c5ccccc5c5ccccc54)cccc3n2-c2cccc(-c3cccc(-n4c5ccccc5c5ccccc54)c3)c2)CC1. The average molecular weight is 652 g/mol. The Morgan fingerprint density at radius 3 is 1.43 bits per heavy atom. The van der Waals surface area contributed by atoms with Crippen LogP contribution < -0.4 is 0 Å². The van der Waals surface area contributed by atoms with Gasteiger partial charge in [-0.1, -0.05) is 109 Å². The normalized spacial score (nSPS) is 12.9. The lowest BCUT2D eigenvalue weighted by Crippen LogP contribution is -2.00. The van der Waals surface area contributed by atoms with Crippen LogP contribution in [0.3, 0.4) is 0 Å². The zero-order chi connectivity index (χ0) is 33.5. The van der Waals surface area contributed by atoms with E-state index in [4.69, 9.17) is 0 Å². The van der Waals surface area contributed by atoms with Crippen LogP contribution in [0.4, 0.5) is 0 Å². The molecule has 0 bridgehead atoms. The van der Waals surface area contributed by atoms with Crippen molar-refractivity contribution in [2.75, 3.05) is 0 Å². The first-order chi connectivity index (χ1) is 25.3. The molecule has 0 spiro atoms. The monoisotopic (exact) mass is 651 g/mol. The number of fused-ring (bicyclic) bond motifs is 9. The Bertz CT molecular complexity index is 2930. The number of nitrogens with zero attached hydrogens (tertiary/aromatic N) is 3. The van der Waals surface area contributed by atoms with Crippen molar-refractivity contribution in [2.45, 2.75) is 12.8 Å². The minimum Gasteiger partial charge on any atom is -0.309 e. The van der Waals surface area contributed by atoms with E-state index in [1.54, 1.807) is 0 Å². The molecule has 0 unspecified atom stereocenters. The third-order valence-corrected chi connectivity index (χ3v) is 10.9. The molecule has 0 saturated heterocycles. The van der Waals surface area contributed by atoms with Gasteiger partial charge in [-0.2, -0.15) is 0 Å². The summed E-state index contributed by atoms with van der Waals surface area (Å²) in [5.41, 5.74) is 14.8. The Morgan fingerprint density at radius 1 is 0.392 bits per heavy atom. The Hall–Kier alpha value is -6.58. The van der Waals surface area contributed by atoms with Crippen LogP contribution in [0, 0.1) is 0 Å². The van der Waals surface area contributed by atoms with E-state index in [1.165, 1.54) is 88.3 Å². The smallest absolute Gasteiger partial charge is 0.0559 e. The quantitative estimate of drug-likeness (QED) is 0.180. The highest BCUT2D eigenvalue weighted by Gasteiger charge is 2.23. The molecule has 3 nitrogen and oxygen atoms in total. The van der Waals surface area contributed by atoms with Crippen molar-refractivity contribution in [1.82, 2.24) is 13.7 Å². The minimum atomic E-state index is 1.02. The van der Waals surface area contributed by atoms with Crippen molar-refractivity contribution in [3.05, 3.63) is 181 Å². The summed E-state index contributed by atoms with van der Waals surface area (Å²) in [6.45, 7) is 0. The number of para-hydroxylation sites is 4. The van der Waals surface area contributed by atoms with E-state index >= 15 is 0 Å². The number of hydrogen-bond donors (Lipinski definition) is 0. The van der Waals surface area contributed by atoms with E-state index in [1.807, 2.05) is 0 Å². The highest BCUT2D eigenvalue weighted by molar-refractivity contribution is 6.11. The molecule has 51 heavy (non-hydrogen) atoms. The molecule has 240 valence electrons. The topological polar surface area (TPSA) is 14.8 Å². The summed E-state index contributed by atoms with van der Waals surface area (Å²) in [5.74, 6) is 0. The average Bonchev–Trinajstić information content (AvgIpc) is 3.84. The minimum absolute atomic E-state index is 1.02. The van der Waals surface area contributed by atoms with Gasteiger partial charge in [0.05, 0.1) is 33.3 Å². The Balaban J connectivity index is 1.11. The predicted molar refractivity (Wildman–Crippen MR) is 215 cm³/mol. The number of aryl methyl sites for hydroxylation is 1. The van der Waals surface area contributed by atoms with Gasteiger partial charge in [0.25, 0.3) is 0 Å². The first-order valence-corrected chi connectivity index (χ1v) is 17.8. The van der Waals surface area contributed by atoms with Gasteiger partial charge in [0.15, 0.2) is 0 Å². The maximum absolute atomic E-state index is 2.48. The number of aromatic nitrogens is 3. The van der Waals surface area contributed by atoms with E-state index < -0.39 is 0 Å². The van der Waals surface area contributed by atoms with E-state index in [0.29, 0.717) is 0 Å². The van der Waals surface area contributed by atoms with Gasteiger partial charge in [-0.25, -0.2) is 0 Å². The van der Waals surface area contributed by atoms with E-state index in [0.717, 1.165) is 18.5 Å². The van der Waals surface area contributed by atoms with Crippen LogP contribution in [0.1, 0.15) is 17.7 Å². The molecule has 0 amide bonds. The Morgan fingerprint density at radius 2 is 0.863 bits per heavy atom. The second-order valence-electron chi connectivity index (χ2n) is 13.7. The van der Waals surface area contributed by atoms with Crippen molar-refractivity contribution >= 4 is 60.6 Å². The van der Waals surface area contributed by atoms with E-state index in [9.17, 15) is 0 Å². The summed E-state index contributed by atoms with van der Waals surface area (Å²) in [5, 5.41) is 6.46. The summed E-state index contributed by atoms with van der Waals surface area (Å²) in [4.78, 5) is 0. The fourth-order valence-corrected chi connectivity index (χ4v) is 8.76. The molecule has 1 aliphatic carbocycles. The van der Waals surface area contributed by atoms with Gasteiger partial charge in [0.2, 0.25) is 0 Å². The van der Waals surface area contributed by atoms with Crippen LogP contribution in [-0.4, -0.2) is 13.7 Å². The largest absolute Gasteiger partial charge is 0.309 e. The second kappa shape index (κ2) is 11.0. The standard InChI is InChI=1S/C48H33N3/c1-6-23-41-36(18-1)37-19-2-7-24-42(37)49(41)34-16-11-14-32(30-34)33-15-12-17-35(31-33)50-45-27-10-5-22-40(45)48-46(50)28-13-29-47(48)51-43-25-8-3-20-38(43)39-21-4-9-26-44(39)51/h1-4,6-21,23-31H,5,22H2. The lowest BCUT2D eigenvalue weighted by atomic mass is 9.99. The van der Waals surface area contributed by atoms with Crippen molar-refractivity contribution in [2.24, 2.45) is 0 Å². The van der Waals surface area contributed by atoms with Crippen LogP contribution >= 0.6 is 0 Å². The highest BCUT2D eigenvalue weighted by atomic mass is 15.0. The first-order valence-electron chi connectivity index (χ1n) is 17.8. The number of allylic oxidation sites excluding steroid dienone is 1. The van der Waals surface area contributed by atoms with Crippen LogP contribution in [0.5, 0.6) is 0 Å². The van der Waals surface area contributed by atoms with Crippen LogP contribution in [0.2, 0.25) is 0 Å². The van der Waals surface area contributed by atoms with Gasteiger partial charge in [-0.15, -0.1) is 0 Å². The molecule has 0 N–H and O–H groups in total. The molecular formula is C48H33N3. The molecule has 0 radical (unpaired) electrons. The first kappa shape index (κ1) is 28.3. The van der Waals surface area contributed by atoms with Gasteiger partial charge in [-0.05, 0) is 96.3 Å². The number of benzene rings is 7. The van der Waals surface area contributed by atoms with Gasteiger partial charge in [0.1, 0.15) is 0 Å². The number of hydrogen-bond acceptors (Lipinski definition) is 0. The Labute approximate surface area is 295 Å². The van der Waals surface area contributed by atoms with Gasteiger partial charge in [0, 0.05) is 44.0 Å². The second-order valence-corrected chi connectivity index (χ2v) is 13.7. The molecule has 10 aromatic rings. The lowest BCUT2D eigenvalue weighted by molar-refractivity contribution is 0.967. The van der Waals surface area contributed by atoms with Crippen LogP contribution in [0.25, 0.3) is 88.8 Å². The molecule has 0 fully saturated rings. The summed E-state index contributed by atoms with van der Waals surface area (Å²) >= 11 is 0. The molecule has 11 rings (SSSR count). The zero-order valence-electron chi connectivity index (χ0n) is 28.0. The maximum Gasteiger partial charge on any atom is 0.0559 e. The summed E-state index contributed by atoms with van der Waals surface area (Å²) in [6.07, 6.45) is 6.73. The molecule has 3 aromatic heterocycles. The van der Waals surface area contributed by atoms with Crippen molar-refractivity contribution < 1.29 is 0 Å². The fourth-order valence-electron chi connectivity index (χ4n) is 8.76. The summed E-state index contributed by atoms with van der Waals surface area (Å²) in [7, 11) is 0. The molecule has 0 atom stereocenters. The van der Waals surface area contributed by atoms with Gasteiger partial charge < -0.3 is 13.7 Å². The molecule has 3 heterocycles. The third-order valence-electron chi connectivity index (χ3n) is 10.9. The molecular weight excluding hydrogens is 619 g/mol. The summed E-state index contributed by atoms with van der Waals surface area (Å²) in [6, 6.07) is 59.9. The van der Waals surface area contributed by atoms with Crippen LogP contribution in [0.15, 0.2) is 170 Å². The molecule has 0 aliphatic heterocycles. The van der Waals surface area contributed by atoms with E-state index in [2.05, 4.69) is 190 Å². The lowest BCUT2D eigenvalue weighted by Gasteiger charge is -2.14. The number of rotatable bonds is 4. The third kappa shape index (κ3) is 4.12. The van der Waals surface area contributed by atoms with Crippen molar-refractivity contribution in [3.8, 4) is 28.2 Å². The Kier molecular flexibility index (Phi) is 6.08. The van der Waals surface area contributed by atoms with E-state index in [-0.39, 0.29) is 0 Å². The summed E-state index contributed by atoms with van der Waals surface area (Å²) < 4.78 is 7.36. The molecule has 1 aliphatic rings.